The first-order valence-electron chi connectivity index (χ1n) is 5.63. The van der Waals surface area contributed by atoms with Gasteiger partial charge in [-0.25, -0.2) is 14.5 Å². The Kier molecular flexibility index (Phi) is 3.10. The molecule has 1 aromatic heterocycles. The number of benzene rings is 1. The van der Waals surface area contributed by atoms with Gasteiger partial charge in [0.15, 0.2) is 5.82 Å². The van der Waals surface area contributed by atoms with Gasteiger partial charge in [0.1, 0.15) is 0 Å². The van der Waals surface area contributed by atoms with Gasteiger partial charge in [0.05, 0.1) is 11.7 Å². The third kappa shape index (κ3) is 2.14. The molecular formula is C12H16N4O. The fourth-order valence-corrected chi connectivity index (χ4v) is 1.76. The topological polar surface area (TPSA) is 76.7 Å². The lowest BCUT2D eigenvalue weighted by molar-refractivity contribution is 0.631. The van der Waals surface area contributed by atoms with Crippen molar-refractivity contribution in [3.05, 3.63) is 46.1 Å². The smallest absolute Gasteiger partial charge is 0.321 e. The van der Waals surface area contributed by atoms with E-state index in [0.29, 0.717) is 5.82 Å². The van der Waals surface area contributed by atoms with Crippen LogP contribution in [0.25, 0.3) is 5.69 Å². The van der Waals surface area contributed by atoms with Crippen molar-refractivity contribution >= 4 is 0 Å². The number of nitrogens with one attached hydrogen (secondary N) is 1. The normalized spacial score (nSPS) is 12.6. The van der Waals surface area contributed by atoms with Crippen molar-refractivity contribution in [1.82, 2.24) is 14.8 Å². The highest BCUT2D eigenvalue weighted by Crippen LogP contribution is 2.14. The van der Waals surface area contributed by atoms with E-state index >= 15 is 0 Å². The number of aryl methyl sites for hydroxylation is 1. The van der Waals surface area contributed by atoms with Crippen molar-refractivity contribution in [2.24, 2.45) is 5.73 Å². The monoisotopic (exact) mass is 232 g/mol. The SMILES string of the molecule is CC[C@H](N)c1n[nH]c(=O)n1-c1cccc(C)c1. The van der Waals surface area contributed by atoms with Crippen molar-refractivity contribution in [2.45, 2.75) is 26.3 Å². The van der Waals surface area contributed by atoms with Gasteiger partial charge in [0.2, 0.25) is 0 Å². The van der Waals surface area contributed by atoms with Gasteiger partial charge in [-0.1, -0.05) is 19.1 Å². The Balaban J connectivity index is 2.58. The zero-order chi connectivity index (χ0) is 12.4. The molecule has 0 saturated carbocycles. The lowest BCUT2D eigenvalue weighted by Gasteiger charge is -2.10. The van der Waals surface area contributed by atoms with Gasteiger partial charge in [0.25, 0.3) is 0 Å². The molecule has 1 atom stereocenters. The van der Waals surface area contributed by atoms with Crippen LogP contribution in [0.1, 0.15) is 30.8 Å². The molecule has 0 aliphatic rings. The van der Waals surface area contributed by atoms with Gasteiger partial charge in [-0.2, -0.15) is 5.10 Å². The van der Waals surface area contributed by atoms with E-state index in [4.69, 9.17) is 5.73 Å². The van der Waals surface area contributed by atoms with E-state index in [1.165, 1.54) is 4.57 Å². The molecular weight excluding hydrogens is 216 g/mol. The number of hydrogen-bond acceptors (Lipinski definition) is 3. The highest BCUT2D eigenvalue weighted by molar-refractivity contribution is 5.36. The van der Waals surface area contributed by atoms with E-state index in [1.807, 2.05) is 38.1 Å². The van der Waals surface area contributed by atoms with E-state index in [-0.39, 0.29) is 11.7 Å². The molecule has 0 amide bonds. The Morgan fingerprint density at radius 2 is 2.29 bits per heavy atom. The molecule has 5 nitrogen and oxygen atoms in total. The molecule has 2 aromatic rings. The maximum Gasteiger partial charge on any atom is 0.347 e. The van der Waals surface area contributed by atoms with Crippen molar-refractivity contribution in [3.8, 4) is 5.69 Å². The highest BCUT2D eigenvalue weighted by atomic mass is 16.1. The van der Waals surface area contributed by atoms with Crippen LogP contribution in [0.3, 0.4) is 0 Å². The summed E-state index contributed by atoms with van der Waals surface area (Å²) in [4.78, 5) is 11.8. The Labute approximate surface area is 99.3 Å². The Morgan fingerprint density at radius 3 is 2.94 bits per heavy atom. The van der Waals surface area contributed by atoms with E-state index in [2.05, 4.69) is 10.2 Å². The number of aromatic amines is 1. The van der Waals surface area contributed by atoms with Crippen LogP contribution >= 0.6 is 0 Å². The van der Waals surface area contributed by atoms with E-state index < -0.39 is 0 Å². The van der Waals surface area contributed by atoms with Crippen LogP contribution in [0.5, 0.6) is 0 Å². The molecule has 3 N–H and O–H groups in total. The maximum absolute atomic E-state index is 11.8. The second-order valence-corrected chi connectivity index (χ2v) is 4.08. The summed E-state index contributed by atoms with van der Waals surface area (Å²) >= 11 is 0. The summed E-state index contributed by atoms with van der Waals surface area (Å²) in [5.41, 5.74) is 7.57. The fourth-order valence-electron chi connectivity index (χ4n) is 1.76. The van der Waals surface area contributed by atoms with Gasteiger partial charge < -0.3 is 5.73 Å². The summed E-state index contributed by atoms with van der Waals surface area (Å²) in [6, 6.07) is 7.45. The van der Waals surface area contributed by atoms with Gasteiger partial charge in [-0.05, 0) is 31.0 Å². The molecule has 17 heavy (non-hydrogen) atoms. The van der Waals surface area contributed by atoms with Crippen LogP contribution in [0.15, 0.2) is 29.1 Å². The number of hydrogen-bond donors (Lipinski definition) is 2. The second-order valence-electron chi connectivity index (χ2n) is 4.08. The summed E-state index contributed by atoms with van der Waals surface area (Å²) in [7, 11) is 0. The minimum absolute atomic E-state index is 0.241. The van der Waals surface area contributed by atoms with E-state index in [1.54, 1.807) is 0 Å². The minimum atomic E-state index is -0.255. The number of aromatic nitrogens is 3. The zero-order valence-electron chi connectivity index (χ0n) is 9.97. The molecule has 0 bridgehead atoms. The molecule has 0 radical (unpaired) electrons. The quantitative estimate of drug-likeness (QED) is 0.836. The molecule has 0 aliphatic heterocycles. The molecule has 0 fully saturated rings. The van der Waals surface area contributed by atoms with E-state index in [9.17, 15) is 4.79 Å². The van der Waals surface area contributed by atoms with Crippen LogP contribution < -0.4 is 11.4 Å². The predicted molar refractivity (Wildman–Crippen MR) is 66.1 cm³/mol. The summed E-state index contributed by atoms with van der Waals surface area (Å²) in [5, 5.41) is 6.44. The number of H-pyrrole nitrogens is 1. The van der Waals surface area contributed by atoms with Crippen molar-refractivity contribution in [1.29, 1.82) is 0 Å². The van der Waals surface area contributed by atoms with Crippen LogP contribution in [-0.4, -0.2) is 14.8 Å². The third-order valence-corrected chi connectivity index (χ3v) is 2.73. The maximum atomic E-state index is 11.8. The number of nitrogens with two attached hydrogens (primary N) is 1. The first-order valence-corrected chi connectivity index (χ1v) is 5.63. The molecule has 5 heteroatoms. The molecule has 1 aromatic carbocycles. The van der Waals surface area contributed by atoms with Crippen molar-refractivity contribution < 1.29 is 0 Å². The highest BCUT2D eigenvalue weighted by Gasteiger charge is 2.15. The predicted octanol–water partition coefficient (Wildman–Crippen LogP) is 1.28. The first-order chi connectivity index (χ1) is 8.13. The van der Waals surface area contributed by atoms with Gasteiger partial charge in [-0.3, -0.25) is 0 Å². The number of nitrogens with zero attached hydrogens (tertiary/aromatic N) is 2. The van der Waals surface area contributed by atoms with Crippen molar-refractivity contribution in [2.75, 3.05) is 0 Å². The second kappa shape index (κ2) is 4.55. The Hall–Kier alpha value is -1.88. The van der Waals surface area contributed by atoms with Gasteiger partial charge in [0, 0.05) is 0 Å². The third-order valence-electron chi connectivity index (χ3n) is 2.73. The molecule has 0 spiro atoms. The molecule has 2 rings (SSSR count). The van der Waals surface area contributed by atoms with Crippen LogP contribution in [0, 0.1) is 6.92 Å². The lowest BCUT2D eigenvalue weighted by atomic mass is 10.2. The van der Waals surface area contributed by atoms with Crippen LogP contribution in [0.2, 0.25) is 0 Å². The van der Waals surface area contributed by atoms with Gasteiger partial charge >= 0.3 is 5.69 Å². The zero-order valence-corrected chi connectivity index (χ0v) is 9.97. The molecule has 1 heterocycles. The van der Waals surface area contributed by atoms with Gasteiger partial charge in [-0.15, -0.1) is 0 Å². The largest absolute Gasteiger partial charge is 0.347 e. The Bertz CT molecular complexity index is 570. The summed E-state index contributed by atoms with van der Waals surface area (Å²) in [6.07, 6.45) is 0.732. The Morgan fingerprint density at radius 1 is 1.53 bits per heavy atom. The molecule has 0 saturated heterocycles. The standard InChI is InChI=1S/C12H16N4O/c1-3-10(13)11-14-15-12(17)16(11)9-6-4-5-8(2)7-9/h4-7,10H,3,13H2,1-2H3,(H,15,17)/t10-/m0/s1. The summed E-state index contributed by atoms with van der Waals surface area (Å²) in [6.45, 7) is 3.94. The summed E-state index contributed by atoms with van der Waals surface area (Å²) in [5.74, 6) is 0.572. The molecule has 0 aliphatic carbocycles. The lowest BCUT2D eigenvalue weighted by Crippen LogP contribution is -2.21. The minimum Gasteiger partial charge on any atom is -0.321 e. The number of rotatable bonds is 3. The van der Waals surface area contributed by atoms with E-state index in [0.717, 1.165) is 17.7 Å². The fraction of sp³-hybridized carbons (Fsp3) is 0.333. The average Bonchev–Trinajstić information content (AvgIpc) is 2.70. The van der Waals surface area contributed by atoms with Crippen molar-refractivity contribution in [3.63, 3.8) is 0 Å². The average molecular weight is 232 g/mol. The van der Waals surface area contributed by atoms with Crippen LogP contribution in [0.4, 0.5) is 0 Å². The van der Waals surface area contributed by atoms with Crippen LogP contribution in [-0.2, 0) is 0 Å². The summed E-state index contributed by atoms with van der Waals surface area (Å²) < 4.78 is 1.53. The first kappa shape index (κ1) is 11.6. The molecule has 90 valence electrons. The molecule has 0 unspecified atom stereocenters.